The predicted molar refractivity (Wildman–Crippen MR) is 467 cm³/mol. The third-order valence-electron chi connectivity index (χ3n) is 24.1. The van der Waals surface area contributed by atoms with Crippen LogP contribution in [0.4, 0.5) is 0 Å². The highest BCUT2D eigenvalue weighted by atomic mass is 16.5. The Balaban J connectivity index is 1.22. The Labute approximate surface area is 754 Å². The lowest BCUT2D eigenvalue weighted by atomic mass is 9.78. The van der Waals surface area contributed by atoms with Gasteiger partial charge in [-0.3, -0.25) is 91.6 Å². The molecule has 708 valence electrons. The number of aliphatic hydroxyl groups excluding tert-OH is 1. The van der Waals surface area contributed by atoms with Crippen molar-refractivity contribution >= 4 is 134 Å². The molecule has 42 heteroatoms. The Morgan fingerprint density at radius 3 is 1.85 bits per heavy atom. The lowest BCUT2D eigenvalue weighted by Gasteiger charge is -2.42. The number of carbonyl (C=O) groups is 19. The molecule has 5 saturated heterocycles. The number of phenols is 1. The van der Waals surface area contributed by atoms with E-state index in [-0.39, 0.29) is 82.2 Å². The zero-order valence-electron chi connectivity index (χ0n) is 74.3. The van der Waals surface area contributed by atoms with Crippen LogP contribution in [0.15, 0.2) is 85.2 Å². The minimum absolute atomic E-state index is 0.0237. The van der Waals surface area contributed by atoms with Crippen LogP contribution in [0.5, 0.6) is 5.75 Å². The molecule has 42 nitrogen and oxygen atoms in total. The number of hydrogen-bond donors (Lipinski definition) is 19. The van der Waals surface area contributed by atoms with E-state index in [0.717, 1.165) is 37.7 Å². The average molecular weight is 1820 g/mol. The maximum Gasteiger partial charge on any atom is 0.326 e. The lowest BCUT2D eigenvalue weighted by Crippen LogP contribution is -2.72. The van der Waals surface area contributed by atoms with Crippen LogP contribution in [0.2, 0.25) is 0 Å². The van der Waals surface area contributed by atoms with Crippen molar-refractivity contribution in [2.75, 3.05) is 33.4 Å². The van der Waals surface area contributed by atoms with E-state index in [4.69, 9.17) is 9.47 Å². The highest BCUT2D eigenvalue weighted by molar-refractivity contribution is 6.08. The van der Waals surface area contributed by atoms with Gasteiger partial charge in [-0.05, 0) is 132 Å². The number of fused-ring (bicyclic) bond motifs is 15. The number of benzene rings is 3. The summed E-state index contributed by atoms with van der Waals surface area (Å²) in [5.74, 6) is -22.2. The molecule has 7 heterocycles. The molecule has 5 aliphatic heterocycles. The van der Waals surface area contributed by atoms with Crippen LogP contribution in [0.25, 0.3) is 21.8 Å². The summed E-state index contributed by atoms with van der Waals surface area (Å²) in [4.78, 5) is 296. The molecule has 0 radical (unpaired) electrons. The number of aromatic hydroxyl groups is 1. The molecule has 0 saturated carbocycles. The number of nitrogens with one attached hydrogen (secondary N) is 16. The van der Waals surface area contributed by atoms with Gasteiger partial charge in [0.15, 0.2) is 5.78 Å². The Morgan fingerprint density at radius 2 is 1.21 bits per heavy atom. The molecule has 2 aromatic heterocycles. The van der Waals surface area contributed by atoms with Crippen molar-refractivity contribution in [1.29, 1.82) is 0 Å². The van der Waals surface area contributed by atoms with Crippen molar-refractivity contribution in [2.24, 2.45) is 5.92 Å². The number of aliphatic hydroxyl groups is 1. The van der Waals surface area contributed by atoms with Crippen LogP contribution in [0, 0.1) is 5.92 Å². The van der Waals surface area contributed by atoms with E-state index in [1.54, 1.807) is 75.5 Å². The highest BCUT2D eigenvalue weighted by Gasteiger charge is 2.61. The number of amides is 15. The molecule has 19 N–H and O–H groups in total. The largest absolute Gasteiger partial charge is 0.508 e. The number of methoxy groups -OCH3 is 1. The normalized spacial score (nSPS) is 26.6. The summed E-state index contributed by atoms with van der Waals surface area (Å²) >= 11 is 0. The molecule has 3 aromatic carbocycles. The third kappa shape index (κ3) is 26.0. The van der Waals surface area contributed by atoms with E-state index in [1.807, 2.05) is 0 Å². The number of phenolic OH excluding ortho intramolecular Hbond substituents is 1. The summed E-state index contributed by atoms with van der Waals surface area (Å²) in [6, 6.07) is -8.68. The summed E-state index contributed by atoms with van der Waals surface area (Å²) in [5.41, 5.74) is -0.716. The fourth-order valence-corrected chi connectivity index (χ4v) is 17.3. The molecule has 5 fully saturated rings. The van der Waals surface area contributed by atoms with Gasteiger partial charge in [-0.1, -0.05) is 75.7 Å². The number of aliphatic carboxylic acids is 1. The molecule has 10 rings (SSSR count). The Bertz CT molecular complexity index is 5090. The van der Waals surface area contributed by atoms with Gasteiger partial charge in [0.05, 0.1) is 26.2 Å². The number of ketones is 1. The van der Waals surface area contributed by atoms with E-state index >= 15 is 57.5 Å². The molecule has 4 bridgehead atoms. The maximum absolute atomic E-state index is 17.6. The third-order valence-corrected chi connectivity index (χ3v) is 24.1. The van der Waals surface area contributed by atoms with Crippen molar-refractivity contribution in [1.82, 2.24) is 94.2 Å². The Morgan fingerprint density at radius 1 is 0.603 bits per heavy atom. The Hall–Kier alpha value is -13.4. The van der Waals surface area contributed by atoms with Crippen molar-refractivity contribution in [2.45, 2.75) is 266 Å². The number of carboxylic acid groups (broad SMARTS) is 1. The molecule has 5 aliphatic rings. The molecule has 17 atom stereocenters. The number of likely N-dealkylation sites (tertiary alicyclic amines) is 2. The van der Waals surface area contributed by atoms with Gasteiger partial charge in [0, 0.05) is 105 Å². The molecule has 15 amide bonds. The van der Waals surface area contributed by atoms with E-state index in [1.165, 1.54) is 37.4 Å². The van der Waals surface area contributed by atoms with Gasteiger partial charge in [-0.2, -0.15) is 0 Å². The topological polar surface area (TPSA) is 610 Å². The first-order valence-corrected chi connectivity index (χ1v) is 44.2. The van der Waals surface area contributed by atoms with Crippen LogP contribution in [-0.2, 0) is 120 Å². The SMILES string of the molecule is CCCC1NC(=O)C(Cc2c[nH]c3ccccc23)NC(=O)C2CCCCNC(=O)CCC(C(=O)NC(Cc3ccc(O)cc3)C(=O)O)NC(=O)CC(CCC(=O)OC)NC34CCN(C(=O)C5CCCN5C(=O)C(C)NC(C)=O)C3C(=O)NC(C)C(=O)NC(C(=O)NC(CC(C)C)C(=O)N2)C(C)OC(=O)CC(NC(=O)C(CO)NC1=O)C(=O)NC(Cc1c[nH]c2ccccc12)C4=O. The highest BCUT2D eigenvalue weighted by Crippen LogP contribution is 2.37. The van der Waals surface area contributed by atoms with Crippen molar-refractivity contribution < 1.29 is 116 Å². The van der Waals surface area contributed by atoms with E-state index in [0.29, 0.717) is 32.9 Å². The van der Waals surface area contributed by atoms with Crippen LogP contribution < -0.4 is 74.4 Å². The minimum atomic E-state index is -2.83. The number of hydrogen-bond acceptors (Lipinski definition) is 24. The van der Waals surface area contributed by atoms with Crippen molar-refractivity contribution in [3.05, 3.63) is 102 Å². The van der Waals surface area contributed by atoms with E-state index < -0.39 is 291 Å². The van der Waals surface area contributed by atoms with Gasteiger partial charge >= 0.3 is 17.9 Å². The monoisotopic (exact) mass is 1820 g/mol. The number of carbonyl (C=O) groups excluding carboxylic acids is 18. The summed E-state index contributed by atoms with van der Waals surface area (Å²) in [6.45, 7) is 7.55. The second-order valence-corrected chi connectivity index (χ2v) is 34.3. The second kappa shape index (κ2) is 45.7. The lowest BCUT2D eigenvalue weighted by molar-refractivity contribution is -0.154. The molecule has 131 heavy (non-hydrogen) atoms. The number of para-hydroxylation sites is 2. The van der Waals surface area contributed by atoms with Gasteiger partial charge in [0.25, 0.3) is 0 Å². The zero-order chi connectivity index (χ0) is 95.2. The molecular weight excluding hydrogens is 1710 g/mol. The van der Waals surface area contributed by atoms with Crippen LogP contribution in [0.3, 0.4) is 0 Å². The standard InChI is InChI=1S/C89H118N18O24/c1-9-17-59-77(117)103-67(44-108)83(123)100-65-41-72(114)131-48(6)73-84(124)101-63(36-45(2)3)80(120)97-60(78(118)99-64(81(121)96-59)39-52-43-92-58-21-13-11-19-56(52)58)22-14-15-33-90-69(111)30-29-61(79(119)102-66(88(128)129)37-50-24-27-54(110)28-25-50)95-70(112)40-53(26-31-71(113)130-8)105-89(75(115)62(98-82(65)122)38-51-42-91-57-20-12-10-18-55(51)57)32-35-107(74(89)85(125)94-46(4)76(116)104-73)87(127)68-23-16-34-106(68)86(126)47(5)93-49(7)109/h10-13,18-21,24-25,27-28,42-43,45-48,53,59-68,73-74,91-92,105,108,110H,9,14-17,22-23,26,29-41,44H2,1-8H3,(H,90,111)(H,93,109)(H,94,125)(H,95,112)(H,96,121)(H,97,120)(H,98,122)(H,99,118)(H,100,123)(H,101,124)(H,102,119)(H,103,117)(H,104,116)(H,128,129). The van der Waals surface area contributed by atoms with Gasteiger partial charge in [-0.15, -0.1) is 0 Å². The zero-order valence-corrected chi connectivity index (χ0v) is 74.3. The number of ether oxygens (including phenoxy) is 2. The first kappa shape index (κ1) is 99.7. The van der Waals surface area contributed by atoms with Gasteiger partial charge < -0.3 is 114 Å². The number of Topliss-reactive ketones (excluding diaryl/α,β-unsaturated/α-hetero) is 1. The molecule has 0 aliphatic carbocycles. The number of aromatic nitrogens is 2. The van der Waals surface area contributed by atoms with Crippen LogP contribution >= 0.6 is 0 Å². The summed E-state index contributed by atoms with van der Waals surface area (Å²) < 4.78 is 11.1. The summed E-state index contributed by atoms with van der Waals surface area (Å²) in [7, 11) is 1.03. The van der Waals surface area contributed by atoms with Gasteiger partial charge in [-0.25, -0.2) is 4.79 Å². The van der Waals surface area contributed by atoms with E-state index in [2.05, 4.69) is 84.4 Å². The quantitative estimate of drug-likeness (QED) is 0.0368. The fraction of sp³-hybridized carbons (Fsp3) is 0.539. The van der Waals surface area contributed by atoms with Gasteiger partial charge in [0.1, 0.15) is 95.9 Å². The first-order chi connectivity index (χ1) is 62.4. The van der Waals surface area contributed by atoms with Crippen LogP contribution in [0.1, 0.15) is 161 Å². The van der Waals surface area contributed by atoms with E-state index in [9.17, 15) is 48.9 Å². The molecule has 0 spiro atoms. The second-order valence-electron chi connectivity index (χ2n) is 34.3. The summed E-state index contributed by atoms with van der Waals surface area (Å²) in [6.07, 6.45) is -6.06. The number of H-pyrrole nitrogens is 2. The number of carboxylic acids is 1. The van der Waals surface area contributed by atoms with Gasteiger partial charge in [0.2, 0.25) is 88.6 Å². The smallest absolute Gasteiger partial charge is 0.326 e. The molecular formula is C89H118N18O24. The van der Waals surface area contributed by atoms with Crippen LogP contribution in [-0.4, -0.2) is 283 Å². The molecule has 5 aromatic rings. The number of nitrogens with zero attached hydrogens (tertiary/aromatic N) is 2. The van der Waals surface area contributed by atoms with Crippen molar-refractivity contribution in [3.8, 4) is 5.75 Å². The number of aromatic amines is 2. The van der Waals surface area contributed by atoms with Crippen molar-refractivity contribution in [3.63, 3.8) is 0 Å². The molecule has 17 unspecified atom stereocenters. The number of esters is 2. The summed E-state index contributed by atoms with van der Waals surface area (Å²) in [5, 5.41) is 69.8. The maximum atomic E-state index is 17.6. The Kier molecular flexibility index (Phi) is 34.8. The number of rotatable bonds is 20. The minimum Gasteiger partial charge on any atom is -0.508 e. The first-order valence-electron chi connectivity index (χ1n) is 44.2. The fourth-order valence-electron chi connectivity index (χ4n) is 17.3. The predicted octanol–water partition coefficient (Wildman–Crippen LogP) is -2.19. The average Bonchev–Trinajstić information content (AvgIpc) is 1.59.